The van der Waals surface area contributed by atoms with Crippen molar-refractivity contribution in [1.82, 2.24) is 0 Å². The highest BCUT2D eigenvalue weighted by molar-refractivity contribution is 9.11. The monoisotopic (exact) mass is 348 g/mol. The van der Waals surface area contributed by atoms with Crippen molar-refractivity contribution in [2.75, 3.05) is 0 Å². The van der Waals surface area contributed by atoms with Gasteiger partial charge in [0.25, 0.3) is 0 Å². The molecule has 2 heterocycles. The zero-order valence-electron chi connectivity index (χ0n) is 9.96. The molecule has 0 N–H and O–H groups in total. The van der Waals surface area contributed by atoms with E-state index in [0.29, 0.717) is 0 Å². The summed E-state index contributed by atoms with van der Waals surface area (Å²) < 4.78 is 1.13. The molecule has 92 valence electrons. The maximum absolute atomic E-state index is 6.51. The minimum atomic E-state index is -0.0209. The molecule has 0 radical (unpaired) electrons. The van der Waals surface area contributed by atoms with E-state index in [9.17, 15) is 0 Å². The molecule has 2 aromatic rings. The lowest BCUT2D eigenvalue weighted by Gasteiger charge is -2.15. The Balaban J connectivity index is 2.26. The second-order valence-corrected chi connectivity index (χ2v) is 9.00. The molecule has 4 heteroatoms. The predicted molar refractivity (Wildman–Crippen MR) is 82.7 cm³/mol. The van der Waals surface area contributed by atoms with Crippen LogP contribution >= 0.6 is 50.2 Å². The van der Waals surface area contributed by atoms with E-state index in [4.69, 9.17) is 11.6 Å². The van der Waals surface area contributed by atoms with Gasteiger partial charge in [0.15, 0.2) is 0 Å². The molecule has 0 saturated heterocycles. The van der Waals surface area contributed by atoms with Gasteiger partial charge in [-0.3, -0.25) is 0 Å². The van der Waals surface area contributed by atoms with Crippen molar-refractivity contribution in [3.63, 3.8) is 0 Å². The van der Waals surface area contributed by atoms with Gasteiger partial charge in [0.2, 0.25) is 0 Å². The van der Waals surface area contributed by atoms with Gasteiger partial charge in [0.05, 0.1) is 3.79 Å². The molecule has 0 aliphatic carbocycles. The van der Waals surface area contributed by atoms with Crippen LogP contribution in [0.3, 0.4) is 0 Å². The molecule has 0 aliphatic heterocycles. The van der Waals surface area contributed by atoms with Gasteiger partial charge in [0.1, 0.15) is 5.38 Å². The largest absolute Gasteiger partial charge is 0.143 e. The van der Waals surface area contributed by atoms with E-state index in [1.807, 2.05) is 17.4 Å². The highest BCUT2D eigenvalue weighted by Gasteiger charge is 2.20. The lowest BCUT2D eigenvalue weighted by Crippen LogP contribution is -2.07. The summed E-state index contributed by atoms with van der Waals surface area (Å²) in [5.74, 6) is 0. The normalized spacial score (nSPS) is 13.9. The molecule has 0 saturated carbocycles. The van der Waals surface area contributed by atoms with Crippen molar-refractivity contribution >= 4 is 50.2 Å². The van der Waals surface area contributed by atoms with Crippen molar-refractivity contribution < 1.29 is 0 Å². The average molecular weight is 350 g/mol. The molecule has 0 aliphatic rings. The van der Waals surface area contributed by atoms with Crippen LogP contribution in [0.5, 0.6) is 0 Å². The SMILES string of the molecule is CC(C)(C)c1ccc(C(Cl)c2ccc(Br)s2)s1. The first kappa shape index (κ1) is 13.6. The van der Waals surface area contributed by atoms with Crippen LogP contribution in [0, 0.1) is 0 Å². The minimum absolute atomic E-state index is 0.0209. The Kier molecular flexibility index (Phi) is 4.03. The summed E-state index contributed by atoms with van der Waals surface area (Å²) in [6.07, 6.45) is 0. The van der Waals surface area contributed by atoms with E-state index in [1.165, 1.54) is 14.6 Å². The number of hydrogen-bond acceptors (Lipinski definition) is 2. The summed E-state index contributed by atoms with van der Waals surface area (Å²) in [6, 6.07) is 8.48. The predicted octanol–water partition coefficient (Wildman–Crippen LogP) is 6.20. The minimum Gasteiger partial charge on any atom is -0.143 e. The first-order valence-electron chi connectivity index (χ1n) is 5.37. The van der Waals surface area contributed by atoms with Crippen molar-refractivity contribution in [2.24, 2.45) is 0 Å². The van der Waals surface area contributed by atoms with Gasteiger partial charge >= 0.3 is 0 Å². The lowest BCUT2D eigenvalue weighted by atomic mass is 9.95. The second kappa shape index (κ2) is 5.04. The number of alkyl halides is 1. The van der Waals surface area contributed by atoms with Crippen LogP contribution in [-0.4, -0.2) is 0 Å². The Morgan fingerprint density at radius 3 is 2.12 bits per heavy atom. The Bertz CT molecular complexity index is 507. The molecule has 1 atom stereocenters. The van der Waals surface area contributed by atoms with Crippen LogP contribution in [0.2, 0.25) is 0 Å². The van der Waals surface area contributed by atoms with Gasteiger partial charge in [0, 0.05) is 14.6 Å². The number of halogens is 2. The van der Waals surface area contributed by atoms with Crippen molar-refractivity contribution in [3.8, 4) is 0 Å². The zero-order chi connectivity index (χ0) is 12.6. The second-order valence-electron chi connectivity index (χ2n) is 4.96. The highest BCUT2D eigenvalue weighted by Crippen LogP contribution is 2.40. The van der Waals surface area contributed by atoms with Crippen molar-refractivity contribution in [3.05, 3.63) is 42.7 Å². The van der Waals surface area contributed by atoms with Gasteiger partial charge in [-0.15, -0.1) is 34.3 Å². The maximum atomic E-state index is 6.51. The Labute approximate surface area is 124 Å². The molecule has 2 aromatic heterocycles. The van der Waals surface area contributed by atoms with Gasteiger partial charge in [-0.05, 0) is 45.6 Å². The molecule has 0 aromatic carbocycles. The quantitative estimate of drug-likeness (QED) is 0.566. The first-order valence-corrected chi connectivity index (χ1v) is 8.23. The third kappa shape index (κ3) is 3.14. The third-order valence-electron chi connectivity index (χ3n) is 2.46. The number of rotatable bonds is 2. The summed E-state index contributed by atoms with van der Waals surface area (Å²) in [5, 5.41) is -0.0209. The Morgan fingerprint density at radius 2 is 1.65 bits per heavy atom. The van der Waals surface area contributed by atoms with Crippen LogP contribution < -0.4 is 0 Å². The van der Waals surface area contributed by atoms with Gasteiger partial charge in [-0.2, -0.15) is 0 Å². The maximum Gasteiger partial charge on any atom is 0.102 e. The molecule has 2 rings (SSSR count). The topological polar surface area (TPSA) is 0 Å². The van der Waals surface area contributed by atoms with Crippen LogP contribution in [-0.2, 0) is 5.41 Å². The molecule has 0 amide bonds. The highest BCUT2D eigenvalue weighted by atomic mass is 79.9. The molecular formula is C13H14BrClS2. The van der Waals surface area contributed by atoms with Crippen LogP contribution in [0.15, 0.2) is 28.1 Å². The summed E-state index contributed by atoms with van der Waals surface area (Å²) in [5.41, 5.74) is 0.204. The van der Waals surface area contributed by atoms with Crippen LogP contribution in [0.4, 0.5) is 0 Å². The zero-order valence-corrected chi connectivity index (χ0v) is 13.9. The average Bonchev–Trinajstić information content (AvgIpc) is 2.83. The van der Waals surface area contributed by atoms with Gasteiger partial charge < -0.3 is 0 Å². The lowest BCUT2D eigenvalue weighted by molar-refractivity contribution is 0.604. The van der Waals surface area contributed by atoms with Gasteiger partial charge in [-0.25, -0.2) is 0 Å². The van der Waals surface area contributed by atoms with E-state index in [1.54, 1.807) is 11.3 Å². The first-order chi connectivity index (χ1) is 7.88. The summed E-state index contributed by atoms with van der Waals surface area (Å²) in [4.78, 5) is 3.81. The Hall–Kier alpha value is 0.170. The van der Waals surface area contributed by atoms with E-state index in [2.05, 4.69) is 54.9 Å². The fraction of sp³-hybridized carbons (Fsp3) is 0.385. The van der Waals surface area contributed by atoms with E-state index >= 15 is 0 Å². The van der Waals surface area contributed by atoms with E-state index in [0.717, 1.165) is 3.79 Å². The van der Waals surface area contributed by atoms with E-state index in [-0.39, 0.29) is 10.8 Å². The Morgan fingerprint density at radius 1 is 1.06 bits per heavy atom. The standard InChI is InChI=1S/C13H14BrClS2/c1-13(2,3)10-6-4-8(16-10)12(15)9-5-7-11(14)17-9/h4-7,12H,1-3H3. The molecule has 0 bridgehead atoms. The molecule has 1 unspecified atom stereocenters. The molecule has 0 fully saturated rings. The molecule has 0 spiro atoms. The van der Waals surface area contributed by atoms with Crippen LogP contribution in [0.1, 0.15) is 40.8 Å². The summed E-state index contributed by atoms with van der Waals surface area (Å²) in [6.45, 7) is 6.69. The number of hydrogen-bond donors (Lipinski definition) is 0. The fourth-order valence-corrected chi connectivity index (χ4v) is 4.47. The third-order valence-corrected chi connectivity index (χ3v) is 6.45. The van der Waals surface area contributed by atoms with Crippen molar-refractivity contribution in [2.45, 2.75) is 31.6 Å². The fourth-order valence-electron chi connectivity index (χ4n) is 1.50. The summed E-state index contributed by atoms with van der Waals surface area (Å²) >= 11 is 13.5. The molecule has 17 heavy (non-hydrogen) atoms. The molecule has 0 nitrogen and oxygen atoms in total. The number of thiophene rings is 2. The van der Waals surface area contributed by atoms with Gasteiger partial charge in [-0.1, -0.05) is 20.8 Å². The van der Waals surface area contributed by atoms with Crippen LogP contribution in [0.25, 0.3) is 0 Å². The smallest absolute Gasteiger partial charge is 0.102 e. The van der Waals surface area contributed by atoms with Crippen molar-refractivity contribution in [1.29, 1.82) is 0 Å². The van der Waals surface area contributed by atoms with E-state index < -0.39 is 0 Å². The molecular weight excluding hydrogens is 336 g/mol. The summed E-state index contributed by atoms with van der Waals surface area (Å²) in [7, 11) is 0.